The molecular formula is C19H22FNO3. The predicted molar refractivity (Wildman–Crippen MR) is 90.0 cm³/mol. The molecule has 0 radical (unpaired) electrons. The molecule has 0 bridgehead atoms. The van der Waals surface area contributed by atoms with Crippen molar-refractivity contribution in [1.82, 2.24) is 4.90 Å². The molecule has 1 aliphatic heterocycles. The van der Waals surface area contributed by atoms with E-state index in [9.17, 15) is 4.39 Å². The molecule has 2 aromatic rings. The fourth-order valence-electron chi connectivity index (χ4n) is 2.75. The number of halogens is 1. The van der Waals surface area contributed by atoms with E-state index in [1.807, 2.05) is 24.3 Å². The highest BCUT2D eigenvalue weighted by molar-refractivity contribution is 5.31. The summed E-state index contributed by atoms with van der Waals surface area (Å²) in [6.07, 6.45) is -0.0136. The van der Waals surface area contributed by atoms with E-state index in [0.717, 1.165) is 36.7 Å². The van der Waals surface area contributed by atoms with Gasteiger partial charge in [0.1, 0.15) is 23.9 Å². The van der Waals surface area contributed by atoms with Crippen LogP contribution in [0.5, 0.6) is 11.5 Å². The zero-order valence-electron chi connectivity index (χ0n) is 13.8. The minimum Gasteiger partial charge on any atom is -0.497 e. The minimum absolute atomic E-state index is 0.0136. The average Bonchev–Trinajstić information content (AvgIpc) is 2.63. The second-order valence-electron chi connectivity index (χ2n) is 5.74. The molecule has 0 N–H and O–H groups in total. The molecule has 24 heavy (non-hydrogen) atoms. The average molecular weight is 331 g/mol. The smallest absolute Gasteiger partial charge is 0.123 e. The van der Waals surface area contributed by atoms with Gasteiger partial charge >= 0.3 is 0 Å². The van der Waals surface area contributed by atoms with Crippen molar-refractivity contribution in [2.24, 2.45) is 0 Å². The van der Waals surface area contributed by atoms with Gasteiger partial charge in [-0.25, -0.2) is 4.39 Å². The maximum atomic E-state index is 13.0. The summed E-state index contributed by atoms with van der Waals surface area (Å²) in [5.74, 6) is 1.43. The van der Waals surface area contributed by atoms with Crippen molar-refractivity contribution in [2.75, 3.05) is 40.0 Å². The molecule has 0 aromatic heterocycles. The molecule has 1 aliphatic rings. The molecule has 4 nitrogen and oxygen atoms in total. The van der Waals surface area contributed by atoms with E-state index in [1.54, 1.807) is 19.2 Å². The van der Waals surface area contributed by atoms with E-state index in [4.69, 9.17) is 14.2 Å². The van der Waals surface area contributed by atoms with Crippen molar-refractivity contribution < 1.29 is 18.6 Å². The van der Waals surface area contributed by atoms with Gasteiger partial charge in [-0.05, 0) is 42.0 Å². The monoisotopic (exact) mass is 331 g/mol. The lowest BCUT2D eigenvalue weighted by atomic mass is 10.1. The molecule has 1 fully saturated rings. The van der Waals surface area contributed by atoms with E-state index in [-0.39, 0.29) is 11.9 Å². The highest BCUT2D eigenvalue weighted by atomic mass is 19.1. The summed E-state index contributed by atoms with van der Waals surface area (Å²) in [6.45, 7) is 3.78. The van der Waals surface area contributed by atoms with Crippen LogP contribution < -0.4 is 9.47 Å². The zero-order valence-corrected chi connectivity index (χ0v) is 13.8. The van der Waals surface area contributed by atoms with Gasteiger partial charge in [-0.2, -0.15) is 0 Å². The number of nitrogens with zero attached hydrogens (tertiary/aromatic N) is 1. The van der Waals surface area contributed by atoms with Gasteiger partial charge in [-0.1, -0.05) is 12.1 Å². The van der Waals surface area contributed by atoms with Crippen LogP contribution in [-0.2, 0) is 4.74 Å². The van der Waals surface area contributed by atoms with Gasteiger partial charge in [0.2, 0.25) is 0 Å². The highest BCUT2D eigenvalue weighted by Gasteiger charge is 2.21. The fraction of sp³-hybridized carbons (Fsp3) is 0.368. The maximum Gasteiger partial charge on any atom is 0.123 e. The molecule has 3 rings (SSSR count). The van der Waals surface area contributed by atoms with Gasteiger partial charge in [0, 0.05) is 19.6 Å². The van der Waals surface area contributed by atoms with E-state index in [2.05, 4.69) is 4.90 Å². The van der Waals surface area contributed by atoms with Gasteiger partial charge in [-0.15, -0.1) is 0 Å². The van der Waals surface area contributed by atoms with Crippen LogP contribution in [0.1, 0.15) is 11.7 Å². The van der Waals surface area contributed by atoms with E-state index >= 15 is 0 Å². The Morgan fingerprint density at radius 2 is 1.79 bits per heavy atom. The zero-order chi connectivity index (χ0) is 16.8. The third kappa shape index (κ3) is 4.46. The first-order chi connectivity index (χ1) is 11.7. The summed E-state index contributed by atoms with van der Waals surface area (Å²) in [6, 6.07) is 14.1. The first kappa shape index (κ1) is 16.7. The standard InChI is InChI=1S/C19H22FNO3/c1-22-17-6-8-18(9-7-17)23-12-10-21-11-13-24-19(14-21)15-2-4-16(20)5-3-15/h2-9,19H,10-14H2,1H3. The molecule has 1 unspecified atom stereocenters. The second kappa shape index (κ2) is 8.13. The van der Waals surface area contributed by atoms with Gasteiger partial charge in [-0.3, -0.25) is 4.90 Å². The summed E-state index contributed by atoms with van der Waals surface area (Å²) in [5.41, 5.74) is 1.01. The van der Waals surface area contributed by atoms with Crippen LogP contribution in [0.15, 0.2) is 48.5 Å². The Hall–Kier alpha value is -2.11. The summed E-state index contributed by atoms with van der Waals surface area (Å²) < 4.78 is 29.7. The molecule has 1 saturated heterocycles. The van der Waals surface area contributed by atoms with Crippen molar-refractivity contribution in [3.05, 3.63) is 59.9 Å². The largest absolute Gasteiger partial charge is 0.497 e. The summed E-state index contributed by atoms with van der Waals surface area (Å²) in [5, 5.41) is 0. The number of hydrogen-bond donors (Lipinski definition) is 0. The Morgan fingerprint density at radius 3 is 2.50 bits per heavy atom. The quantitative estimate of drug-likeness (QED) is 0.813. The predicted octanol–water partition coefficient (Wildman–Crippen LogP) is 3.29. The van der Waals surface area contributed by atoms with E-state index in [1.165, 1.54) is 12.1 Å². The van der Waals surface area contributed by atoms with E-state index in [0.29, 0.717) is 13.2 Å². The second-order valence-corrected chi connectivity index (χ2v) is 5.74. The van der Waals surface area contributed by atoms with Crippen LogP contribution in [0, 0.1) is 5.82 Å². The minimum atomic E-state index is -0.223. The van der Waals surface area contributed by atoms with Crippen molar-refractivity contribution in [1.29, 1.82) is 0 Å². The van der Waals surface area contributed by atoms with Crippen LogP contribution in [0.25, 0.3) is 0 Å². The number of methoxy groups -OCH3 is 1. The van der Waals surface area contributed by atoms with Crippen molar-refractivity contribution >= 4 is 0 Å². The first-order valence-corrected chi connectivity index (χ1v) is 8.11. The molecule has 128 valence electrons. The number of morpholine rings is 1. The molecule has 0 spiro atoms. The number of benzene rings is 2. The van der Waals surface area contributed by atoms with Crippen molar-refractivity contribution in [2.45, 2.75) is 6.10 Å². The van der Waals surface area contributed by atoms with Crippen molar-refractivity contribution in [3.63, 3.8) is 0 Å². The molecule has 0 aliphatic carbocycles. The number of ether oxygens (including phenoxy) is 3. The van der Waals surface area contributed by atoms with Gasteiger partial charge in [0.05, 0.1) is 19.8 Å². The third-order valence-electron chi connectivity index (χ3n) is 4.13. The van der Waals surface area contributed by atoms with Crippen LogP contribution in [-0.4, -0.2) is 44.9 Å². The molecule has 1 atom stereocenters. The Morgan fingerprint density at radius 1 is 1.08 bits per heavy atom. The number of hydrogen-bond acceptors (Lipinski definition) is 4. The van der Waals surface area contributed by atoms with Gasteiger partial charge in [0.25, 0.3) is 0 Å². The SMILES string of the molecule is COc1ccc(OCCN2CCOC(c3ccc(F)cc3)C2)cc1. The highest BCUT2D eigenvalue weighted by Crippen LogP contribution is 2.22. The fourth-order valence-corrected chi connectivity index (χ4v) is 2.75. The lowest BCUT2D eigenvalue weighted by molar-refractivity contribution is -0.0329. The lowest BCUT2D eigenvalue weighted by Gasteiger charge is -2.33. The summed E-state index contributed by atoms with van der Waals surface area (Å²) in [4.78, 5) is 2.31. The van der Waals surface area contributed by atoms with Crippen LogP contribution >= 0.6 is 0 Å². The summed E-state index contributed by atoms with van der Waals surface area (Å²) >= 11 is 0. The number of rotatable bonds is 6. The Labute approximate surface area is 141 Å². The molecular weight excluding hydrogens is 309 g/mol. The Balaban J connectivity index is 1.47. The molecule has 0 saturated carbocycles. The van der Waals surface area contributed by atoms with Gasteiger partial charge < -0.3 is 14.2 Å². The molecule has 1 heterocycles. The van der Waals surface area contributed by atoms with Crippen LogP contribution in [0.4, 0.5) is 4.39 Å². The Bertz CT molecular complexity index is 630. The van der Waals surface area contributed by atoms with Crippen molar-refractivity contribution in [3.8, 4) is 11.5 Å². The molecule has 5 heteroatoms. The first-order valence-electron chi connectivity index (χ1n) is 8.11. The van der Waals surface area contributed by atoms with Gasteiger partial charge in [0.15, 0.2) is 0 Å². The lowest BCUT2D eigenvalue weighted by Crippen LogP contribution is -2.40. The maximum absolute atomic E-state index is 13.0. The molecule has 0 amide bonds. The van der Waals surface area contributed by atoms with Crippen LogP contribution in [0.2, 0.25) is 0 Å². The molecule has 2 aromatic carbocycles. The Kier molecular flexibility index (Phi) is 5.67. The normalized spacial score (nSPS) is 18.3. The van der Waals surface area contributed by atoms with E-state index < -0.39 is 0 Å². The third-order valence-corrected chi connectivity index (χ3v) is 4.13. The van der Waals surface area contributed by atoms with Crippen LogP contribution in [0.3, 0.4) is 0 Å². The topological polar surface area (TPSA) is 30.9 Å². The summed E-state index contributed by atoms with van der Waals surface area (Å²) in [7, 11) is 1.64.